The Hall–Kier alpha value is -1.82. The van der Waals surface area contributed by atoms with Crippen molar-refractivity contribution in [2.45, 2.75) is 25.7 Å². The van der Waals surface area contributed by atoms with Crippen LogP contribution in [-0.4, -0.2) is 20.8 Å². The minimum Gasteiger partial charge on any atom is -0.472 e. The van der Waals surface area contributed by atoms with E-state index < -0.39 is 23.6 Å². The van der Waals surface area contributed by atoms with Gasteiger partial charge in [-0.2, -0.15) is 0 Å². The van der Waals surface area contributed by atoms with Gasteiger partial charge in [0.1, 0.15) is 11.9 Å². The van der Waals surface area contributed by atoms with Crippen molar-refractivity contribution >= 4 is 0 Å². The van der Waals surface area contributed by atoms with Crippen LogP contribution >= 0.6 is 0 Å². The van der Waals surface area contributed by atoms with Gasteiger partial charge in [-0.3, -0.25) is 14.3 Å². The summed E-state index contributed by atoms with van der Waals surface area (Å²) in [6.45, 7) is 5.11. The van der Waals surface area contributed by atoms with Crippen LogP contribution in [0.15, 0.2) is 28.1 Å². The van der Waals surface area contributed by atoms with Crippen LogP contribution in [0.25, 0.3) is 0 Å². The van der Waals surface area contributed by atoms with E-state index in [1.54, 1.807) is 6.92 Å². The number of nitrogens with one attached hydrogen (secondary N) is 1. The Kier molecular flexibility index (Phi) is 2.43. The van der Waals surface area contributed by atoms with Crippen molar-refractivity contribution in [3.8, 4) is 0 Å². The van der Waals surface area contributed by atoms with Gasteiger partial charge in [-0.05, 0) is 6.92 Å². The summed E-state index contributed by atoms with van der Waals surface area (Å²) in [5.41, 5.74) is -0.559. The van der Waals surface area contributed by atoms with Crippen molar-refractivity contribution in [3.05, 3.63) is 44.9 Å². The highest BCUT2D eigenvalue weighted by atomic mass is 16.5. The average Bonchev–Trinajstić information content (AvgIpc) is 2.53. The third-order valence-corrected chi connectivity index (χ3v) is 2.54. The Morgan fingerprint density at radius 3 is 2.88 bits per heavy atom. The smallest absolute Gasteiger partial charge is 0.331 e. The largest absolute Gasteiger partial charge is 0.472 e. The van der Waals surface area contributed by atoms with E-state index in [9.17, 15) is 14.7 Å². The number of aromatic nitrogens is 2. The lowest BCUT2D eigenvalue weighted by molar-refractivity contribution is 0.0932. The third kappa shape index (κ3) is 1.67. The van der Waals surface area contributed by atoms with Crippen molar-refractivity contribution in [1.29, 1.82) is 0 Å². The first-order valence-electron chi connectivity index (χ1n) is 4.84. The van der Waals surface area contributed by atoms with Crippen LogP contribution in [-0.2, 0) is 4.74 Å². The number of rotatable bonds is 1. The Morgan fingerprint density at radius 1 is 1.62 bits per heavy atom. The van der Waals surface area contributed by atoms with Gasteiger partial charge in [0, 0.05) is 18.2 Å². The first kappa shape index (κ1) is 10.7. The molecule has 0 spiro atoms. The molecule has 6 nitrogen and oxygen atoms in total. The fraction of sp³-hybridized carbons (Fsp3) is 0.400. The molecule has 2 atom stereocenters. The summed E-state index contributed by atoms with van der Waals surface area (Å²) in [4.78, 5) is 24.8. The van der Waals surface area contributed by atoms with Gasteiger partial charge >= 0.3 is 5.69 Å². The molecule has 1 aliphatic rings. The number of ether oxygens (including phenoxy) is 1. The van der Waals surface area contributed by atoms with E-state index in [-0.39, 0.29) is 12.2 Å². The molecule has 0 aromatic carbocycles. The first-order valence-corrected chi connectivity index (χ1v) is 4.84. The zero-order valence-electron chi connectivity index (χ0n) is 8.77. The predicted octanol–water partition coefficient (Wildman–Crippen LogP) is -0.361. The maximum atomic E-state index is 11.5. The van der Waals surface area contributed by atoms with Crippen molar-refractivity contribution in [3.63, 3.8) is 0 Å². The van der Waals surface area contributed by atoms with E-state index in [0.717, 1.165) is 0 Å². The van der Waals surface area contributed by atoms with E-state index in [1.165, 1.54) is 10.8 Å². The fourth-order valence-electron chi connectivity index (χ4n) is 1.59. The van der Waals surface area contributed by atoms with E-state index in [1.807, 2.05) is 0 Å². The highest BCUT2D eigenvalue weighted by Crippen LogP contribution is 2.28. The summed E-state index contributed by atoms with van der Waals surface area (Å²) >= 11 is 0. The Morgan fingerprint density at radius 2 is 2.31 bits per heavy atom. The lowest BCUT2D eigenvalue weighted by atomic mass is 10.2. The molecule has 1 fully saturated rings. The maximum Gasteiger partial charge on any atom is 0.331 e. The molecule has 1 aromatic heterocycles. The number of hydrogen-bond acceptors (Lipinski definition) is 4. The Balaban J connectivity index is 2.43. The summed E-state index contributed by atoms with van der Waals surface area (Å²) in [6, 6.07) is 0. The van der Waals surface area contributed by atoms with Gasteiger partial charge < -0.3 is 9.84 Å². The van der Waals surface area contributed by atoms with E-state index in [2.05, 4.69) is 11.6 Å². The maximum absolute atomic E-state index is 11.5. The van der Waals surface area contributed by atoms with Crippen LogP contribution in [0.5, 0.6) is 0 Å². The topological polar surface area (TPSA) is 84.3 Å². The molecular formula is C10H12N2O4. The molecule has 0 radical (unpaired) electrons. The van der Waals surface area contributed by atoms with Crippen LogP contribution in [0.2, 0.25) is 0 Å². The summed E-state index contributed by atoms with van der Waals surface area (Å²) in [6.07, 6.45) is 0.288. The van der Waals surface area contributed by atoms with Gasteiger partial charge in [-0.15, -0.1) is 0 Å². The van der Waals surface area contributed by atoms with Crippen molar-refractivity contribution < 1.29 is 9.84 Å². The van der Waals surface area contributed by atoms with Crippen molar-refractivity contribution in [2.75, 3.05) is 0 Å². The van der Waals surface area contributed by atoms with Crippen LogP contribution in [0, 0.1) is 6.92 Å². The van der Waals surface area contributed by atoms with Gasteiger partial charge in [0.25, 0.3) is 5.56 Å². The summed E-state index contributed by atoms with van der Waals surface area (Å²) in [7, 11) is 0. The number of nitrogens with zero attached hydrogens (tertiary/aromatic N) is 1. The second-order valence-corrected chi connectivity index (χ2v) is 3.77. The molecule has 86 valence electrons. The second kappa shape index (κ2) is 3.64. The zero-order valence-corrected chi connectivity index (χ0v) is 8.77. The van der Waals surface area contributed by atoms with Crippen molar-refractivity contribution in [1.82, 2.24) is 9.55 Å². The standard InChI is InChI=1S/C10H12N2O4/c1-5-4-12(10(15)11-9(5)14)8-3-7(13)6(2)16-8/h4,7-8,13H,2-3H2,1H3,(H,11,14,15). The molecule has 2 N–H and O–H groups in total. The number of aryl methyl sites for hydroxylation is 1. The highest BCUT2D eigenvalue weighted by molar-refractivity contribution is 5.04. The van der Waals surface area contributed by atoms with E-state index in [0.29, 0.717) is 5.56 Å². The third-order valence-electron chi connectivity index (χ3n) is 2.54. The van der Waals surface area contributed by atoms with Crippen LogP contribution < -0.4 is 11.2 Å². The molecule has 0 bridgehead atoms. The molecule has 2 unspecified atom stereocenters. The summed E-state index contributed by atoms with van der Waals surface area (Å²) in [5, 5.41) is 9.43. The Bertz CT molecular complexity index is 542. The lowest BCUT2D eigenvalue weighted by Gasteiger charge is -2.13. The molecule has 16 heavy (non-hydrogen) atoms. The zero-order chi connectivity index (χ0) is 11.9. The van der Waals surface area contributed by atoms with Crippen LogP contribution in [0.1, 0.15) is 18.2 Å². The van der Waals surface area contributed by atoms with Crippen molar-refractivity contribution in [2.24, 2.45) is 0 Å². The number of aliphatic hydroxyl groups is 1. The van der Waals surface area contributed by atoms with Crippen LogP contribution in [0.4, 0.5) is 0 Å². The molecule has 1 aliphatic heterocycles. The van der Waals surface area contributed by atoms with Gasteiger partial charge in [0.2, 0.25) is 0 Å². The molecule has 0 saturated carbocycles. The number of aliphatic hydroxyl groups excluding tert-OH is 1. The normalized spacial score (nSPS) is 24.5. The minimum absolute atomic E-state index is 0.237. The molecule has 2 rings (SSSR count). The minimum atomic E-state index is -0.774. The fourth-order valence-corrected chi connectivity index (χ4v) is 1.59. The highest BCUT2D eigenvalue weighted by Gasteiger charge is 2.30. The van der Waals surface area contributed by atoms with Crippen LogP contribution in [0.3, 0.4) is 0 Å². The number of aromatic amines is 1. The van der Waals surface area contributed by atoms with Gasteiger partial charge in [-0.1, -0.05) is 6.58 Å². The monoisotopic (exact) mass is 224 g/mol. The average molecular weight is 224 g/mol. The predicted molar refractivity (Wildman–Crippen MR) is 55.9 cm³/mol. The van der Waals surface area contributed by atoms with Gasteiger partial charge in [0.15, 0.2) is 6.23 Å². The molecule has 0 amide bonds. The second-order valence-electron chi connectivity index (χ2n) is 3.77. The molecule has 6 heteroatoms. The SMILES string of the molecule is C=C1OC(n2cc(C)c(=O)[nH]c2=O)CC1O. The van der Waals surface area contributed by atoms with E-state index in [4.69, 9.17) is 4.74 Å². The van der Waals surface area contributed by atoms with Gasteiger partial charge in [0.05, 0.1) is 0 Å². The molecule has 2 heterocycles. The number of H-pyrrole nitrogens is 1. The summed E-state index contributed by atoms with van der Waals surface area (Å²) < 4.78 is 6.48. The van der Waals surface area contributed by atoms with E-state index >= 15 is 0 Å². The quantitative estimate of drug-likeness (QED) is 0.682. The first-order chi connectivity index (χ1) is 7.49. The summed E-state index contributed by atoms with van der Waals surface area (Å²) in [5.74, 6) is 0.237. The molecule has 1 aromatic rings. The molecule has 0 aliphatic carbocycles. The number of hydrogen-bond donors (Lipinski definition) is 2. The molecule has 1 saturated heterocycles. The lowest BCUT2D eigenvalue weighted by Crippen LogP contribution is -2.33. The Labute approximate surface area is 90.8 Å². The molecular weight excluding hydrogens is 212 g/mol. The van der Waals surface area contributed by atoms with Gasteiger partial charge in [-0.25, -0.2) is 4.79 Å².